The number of benzene rings is 1. The van der Waals surface area contributed by atoms with Crippen LogP contribution in [0.1, 0.15) is 32.6 Å². The van der Waals surface area contributed by atoms with Gasteiger partial charge < -0.3 is 9.80 Å². The molecule has 0 N–H and O–H groups in total. The number of likely N-dealkylation sites (tertiary alicyclic amines) is 1. The van der Waals surface area contributed by atoms with Gasteiger partial charge >= 0.3 is 0 Å². The SMILES string of the molecule is CC(=O)N(CC(=O)N1CCCCCC1)c1cccc(Cl)c1. The van der Waals surface area contributed by atoms with Crippen molar-refractivity contribution < 1.29 is 9.59 Å². The second-order valence-electron chi connectivity index (χ2n) is 5.38. The predicted molar refractivity (Wildman–Crippen MR) is 84.5 cm³/mol. The largest absolute Gasteiger partial charge is 0.341 e. The second-order valence-corrected chi connectivity index (χ2v) is 5.82. The standard InChI is InChI=1S/C16H21ClN2O2/c1-13(20)19(15-8-6-7-14(17)11-15)12-16(21)18-9-4-2-3-5-10-18/h6-8,11H,2-5,9-10,12H2,1H3. The number of nitrogens with zero attached hydrogens (tertiary/aromatic N) is 2. The van der Waals surface area contributed by atoms with Gasteiger partial charge in [0.15, 0.2) is 0 Å². The van der Waals surface area contributed by atoms with Gasteiger partial charge in [0.1, 0.15) is 6.54 Å². The van der Waals surface area contributed by atoms with Gasteiger partial charge in [-0.05, 0) is 31.0 Å². The molecule has 0 aromatic heterocycles. The van der Waals surface area contributed by atoms with Crippen molar-refractivity contribution in [2.45, 2.75) is 32.6 Å². The van der Waals surface area contributed by atoms with Crippen LogP contribution >= 0.6 is 11.6 Å². The number of amides is 2. The summed E-state index contributed by atoms with van der Waals surface area (Å²) in [5.74, 6) is -0.146. The third-order valence-electron chi connectivity index (χ3n) is 3.75. The molecule has 1 heterocycles. The molecule has 2 rings (SSSR count). The van der Waals surface area contributed by atoms with Crippen LogP contribution in [0, 0.1) is 0 Å². The van der Waals surface area contributed by atoms with Gasteiger partial charge in [-0.2, -0.15) is 0 Å². The van der Waals surface area contributed by atoms with E-state index in [1.54, 1.807) is 24.3 Å². The minimum atomic E-state index is -0.152. The zero-order valence-electron chi connectivity index (χ0n) is 12.3. The average Bonchev–Trinajstić information content (AvgIpc) is 2.73. The van der Waals surface area contributed by atoms with Crippen molar-refractivity contribution in [3.63, 3.8) is 0 Å². The fourth-order valence-corrected chi connectivity index (χ4v) is 2.77. The summed E-state index contributed by atoms with van der Waals surface area (Å²) in [5.41, 5.74) is 0.665. The summed E-state index contributed by atoms with van der Waals surface area (Å²) in [6.07, 6.45) is 4.44. The molecule has 5 heteroatoms. The van der Waals surface area contributed by atoms with E-state index in [9.17, 15) is 9.59 Å². The number of carbonyl (C=O) groups is 2. The quantitative estimate of drug-likeness (QED) is 0.861. The molecule has 114 valence electrons. The lowest BCUT2D eigenvalue weighted by atomic mass is 10.2. The molecular formula is C16H21ClN2O2. The Balaban J connectivity index is 2.09. The Morgan fingerprint density at radius 3 is 2.43 bits per heavy atom. The second kappa shape index (κ2) is 7.46. The van der Waals surface area contributed by atoms with Gasteiger partial charge in [-0.1, -0.05) is 30.5 Å². The van der Waals surface area contributed by atoms with Crippen LogP contribution in [0.5, 0.6) is 0 Å². The van der Waals surface area contributed by atoms with E-state index in [0.29, 0.717) is 10.7 Å². The van der Waals surface area contributed by atoms with Gasteiger partial charge in [0, 0.05) is 30.7 Å². The number of anilines is 1. The fraction of sp³-hybridized carbons (Fsp3) is 0.500. The average molecular weight is 309 g/mol. The molecule has 21 heavy (non-hydrogen) atoms. The molecule has 1 saturated heterocycles. The van der Waals surface area contributed by atoms with Crippen LogP contribution in [0.25, 0.3) is 0 Å². The van der Waals surface area contributed by atoms with E-state index in [1.807, 2.05) is 4.90 Å². The third kappa shape index (κ3) is 4.46. The summed E-state index contributed by atoms with van der Waals surface area (Å²) in [7, 11) is 0. The fourth-order valence-electron chi connectivity index (χ4n) is 2.58. The Labute approximate surface area is 130 Å². The van der Waals surface area contributed by atoms with Crippen LogP contribution in [0.4, 0.5) is 5.69 Å². The van der Waals surface area contributed by atoms with E-state index in [-0.39, 0.29) is 18.4 Å². The van der Waals surface area contributed by atoms with Crippen LogP contribution < -0.4 is 4.90 Å². The number of rotatable bonds is 3. The van der Waals surface area contributed by atoms with E-state index in [0.717, 1.165) is 25.9 Å². The van der Waals surface area contributed by atoms with Gasteiger partial charge in [-0.25, -0.2) is 0 Å². The van der Waals surface area contributed by atoms with E-state index < -0.39 is 0 Å². The maximum atomic E-state index is 12.4. The highest BCUT2D eigenvalue weighted by Gasteiger charge is 2.21. The minimum absolute atomic E-state index is 0.00655. The van der Waals surface area contributed by atoms with E-state index >= 15 is 0 Å². The highest BCUT2D eigenvalue weighted by Crippen LogP contribution is 2.20. The number of halogens is 1. The number of hydrogen-bond donors (Lipinski definition) is 0. The van der Waals surface area contributed by atoms with Crippen molar-refractivity contribution in [1.82, 2.24) is 4.90 Å². The van der Waals surface area contributed by atoms with Gasteiger partial charge in [0.05, 0.1) is 0 Å². The Bertz CT molecular complexity index is 511. The van der Waals surface area contributed by atoms with Crippen LogP contribution in [0.2, 0.25) is 5.02 Å². The molecule has 0 atom stereocenters. The molecule has 0 saturated carbocycles. The lowest BCUT2D eigenvalue weighted by Gasteiger charge is -2.26. The van der Waals surface area contributed by atoms with Crippen LogP contribution in [-0.2, 0) is 9.59 Å². The van der Waals surface area contributed by atoms with Crippen molar-refractivity contribution in [1.29, 1.82) is 0 Å². The van der Waals surface area contributed by atoms with Crippen LogP contribution in [0.3, 0.4) is 0 Å². The first kappa shape index (κ1) is 15.8. The van der Waals surface area contributed by atoms with Crippen molar-refractivity contribution in [3.05, 3.63) is 29.3 Å². The molecule has 1 aliphatic rings. The topological polar surface area (TPSA) is 40.6 Å². The number of hydrogen-bond acceptors (Lipinski definition) is 2. The van der Waals surface area contributed by atoms with E-state index in [4.69, 9.17) is 11.6 Å². The minimum Gasteiger partial charge on any atom is -0.341 e. The maximum Gasteiger partial charge on any atom is 0.242 e. The highest BCUT2D eigenvalue weighted by molar-refractivity contribution is 6.30. The molecule has 1 aromatic rings. The Hall–Kier alpha value is -1.55. The first-order valence-corrected chi connectivity index (χ1v) is 7.77. The van der Waals surface area contributed by atoms with Gasteiger partial charge in [0.2, 0.25) is 11.8 Å². The van der Waals surface area contributed by atoms with Gasteiger partial charge in [0.25, 0.3) is 0 Å². The van der Waals surface area contributed by atoms with Crippen molar-refractivity contribution in [2.75, 3.05) is 24.5 Å². The van der Waals surface area contributed by atoms with Crippen LogP contribution in [0.15, 0.2) is 24.3 Å². The Kier molecular flexibility index (Phi) is 5.62. The number of carbonyl (C=O) groups excluding carboxylic acids is 2. The first-order chi connectivity index (χ1) is 10.1. The summed E-state index contributed by atoms with van der Waals surface area (Å²) >= 11 is 5.97. The molecule has 4 nitrogen and oxygen atoms in total. The lowest BCUT2D eigenvalue weighted by molar-refractivity contribution is -0.131. The molecule has 1 aliphatic heterocycles. The summed E-state index contributed by atoms with van der Waals surface area (Å²) in [6, 6.07) is 7.03. The molecule has 0 unspecified atom stereocenters. The van der Waals surface area contributed by atoms with E-state index in [1.165, 1.54) is 24.7 Å². The first-order valence-electron chi connectivity index (χ1n) is 7.39. The zero-order chi connectivity index (χ0) is 15.2. The Morgan fingerprint density at radius 1 is 1.19 bits per heavy atom. The van der Waals surface area contributed by atoms with Crippen molar-refractivity contribution in [3.8, 4) is 0 Å². The summed E-state index contributed by atoms with van der Waals surface area (Å²) in [6.45, 7) is 3.13. The molecule has 0 bridgehead atoms. The van der Waals surface area contributed by atoms with Crippen molar-refractivity contribution in [2.24, 2.45) is 0 Å². The monoisotopic (exact) mass is 308 g/mol. The summed E-state index contributed by atoms with van der Waals surface area (Å²) < 4.78 is 0. The van der Waals surface area contributed by atoms with Crippen molar-refractivity contribution >= 4 is 29.1 Å². The zero-order valence-corrected chi connectivity index (χ0v) is 13.1. The van der Waals surface area contributed by atoms with Gasteiger partial charge in [-0.15, -0.1) is 0 Å². The molecule has 1 fully saturated rings. The van der Waals surface area contributed by atoms with Crippen LogP contribution in [-0.4, -0.2) is 36.3 Å². The maximum absolute atomic E-state index is 12.4. The molecule has 2 amide bonds. The van der Waals surface area contributed by atoms with E-state index in [2.05, 4.69) is 0 Å². The third-order valence-corrected chi connectivity index (χ3v) is 3.99. The normalized spacial score (nSPS) is 15.4. The summed E-state index contributed by atoms with van der Waals surface area (Å²) in [4.78, 5) is 27.6. The summed E-state index contributed by atoms with van der Waals surface area (Å²) in [5, 5.41) is 0.556. The smallest absolute Gasteiger partial charge is 0.242 e. The Morgan fingerprint density at radius 2 is 1.86 bits per heavy atom. The molecule has 0 radical (unpaired) electrons. The molecule has 0 aliphatic carbocycles. The molecule has 1 aromatic carbocycles. The lowest BCUT2D eigenvalue weighted by Crippen LogP contribution is -2.42. The molecular weight excluding hydrogens is 288 g/mol. The van der Waals surface area contributed by atoms with Gasteiger partial charge in [-0.3, -0.25) is 9.59 Å². The predicted octanol–water partition coefficient (Wildman–Crippen LogP) is 3.10. The highest BCUT2D eigenvalue weighted by atomic mass is 35.5. The molecule has 0 spiro atoms.